The molecule has 3 aromatic heterocycles. The average molecular weight is 1480 g/mol. The molecule has 74 heavy (non-hydrogen) atoms. The van der Waals surface area contributed by atoms with Gasteiger partial charge in [-0.1, -0.05) is 51.2 Å². The third-order valence-electron chi connectivity index (χ3n) is 11.8. The Morgan fingerprint density at radius 1 is 0.797 bits per heavy atom. The Balaban J connectivity index is 0.000000189. The van der Waals surface area contributed by atoms with E-state index >= 15 is 0 Å². The maximum absolute atomic E-state index is 14.4. The molecule has 4 N–H and O–H groups in total. The Morgan fingerprint density at radius 2 is 1.42 bits per heavy atom. The number of pyridine rings is 2. The van der Waals surface area contributed by atoms with Crippen LogP contribution in [0.3, 0.4) is 0 Å². The first-order chi connectivity index (χ1) is 35.6. The van der Waals surface area contributed by atoms with E-state index in [9.17, 15) is 42.3 Å². The van der Waals surface area contributed by atoms with Gasteiger partial charge in [0, 0.05) is 68.9 Å². The molecule has 2 aromatic carbocycles. The van der Waals surface area contributed by atoms with Crippen molar-refractivity contribution in [2.75, 3.05) is 75.4 Å². The number of likely N-dealkylation sites (N-methyl/N-ethyl adjacent to an activating group) is 1. The van der Waals surface area contributed by atoms with Gasteiger partial charge in [0.15, 0.2) is 29.5 Å². The van der Waals surface area contributed by atoms with Crippen molar-refractivity contribution in [2.24, 2.45) is 12.8 Å². The van der Waals surface area contributed by atoms with Gasteiger partial charge < -0.3 is 49.4 Å². The molecule has 8 heterocycles. The predicted molar refractivity (Wildman–Crippen MR) is 303 cm³/mol. The lowest BCUT2D eigenvalue weighted by molar-refractivity contribution is -0.121. The van der Waals surface area contributed by atoms with E-state index in [1.165, 1.54) is 46.9 Å². The fraction of sp³-hybridized carbons (Fsp3) is 0.383. The number of carbonyl (C=O) groups excluding carboxylic acids is 6. The zero-order chi connectivity index (χ0) is 53.6. The molecule has 2 fully saturated rings. The lowest BCUT2D eigenvalue weighted by Crippen LogP contribution is -2.29. The number of nitrogens with zero attached hydrogens (tertiary/aromatic N) is 6. The number of oxazole rings is 1. The van der Waals surface area contributed by atoms with Crippen LogP contribution in [0, 0.1) is 11.6 Å². The number of hydrogen-bond acceptors (Lipinski definition) is 16. The lowest BCUT2D eigenvalue weighted by Gasteiger charge is -2.19. The first-order valence-electron chi connectivity index (χ1n) is 22.6. The Morgan fingerprint density at radius 3 is 2.09 bits per heavy atom. The van der Waals surface area contributed by atoms with Crippen LogP contribution in [-0.2, 0) is 61.4 Å². The minimum atomic E-state index is -0.567. The molecule has 0 bridgehead atoms. The Bertz CT molecular complexity index is 2950. The largest absolute Gasteiger partial charge is 0.484 e. The number of ether oxygens (including phenoxy) is 4. The van der Waals surface area contributed by atoms with Gasteiger partial charge in [0.05, 0.1) is 45.3 Å². The number of aldehydes is 1. The fourth-order valence-corrected chi connectivity index (χ4v) is 8.33. The number of aryl methyl sites for hydroxylation is 1. The summed E-state index contributed by atoms with van der Waals surface area (Å²) in [6, 6.07) is 12.4. The van der Waals surface area contributed by atoms with Crippen LogP contribution in [0.1, 0.15) is 35.2 Å². The second-order valence-corrected chi connectivity index (χ2v) is 20.9. The van der Waals surface area contributed by atoms with Crippen molar-refractivity contribution in [3.63, 3.8) is 0 Å². The number of Topliss-reactive ketones (excluding diaryl/α,β-unsaturated/α-hetero) is 1. The molecular weight excluding hydrogens is 1430 g/mol. The molecule has 5 aliphatic rings. The summed E-state index contributed by atoms with van der Waals surface area (Å²) in [5.74, 6) is 0.423. The van der Waals surface area contributed by atoms with Crippen LogP contribution in [0.25, 0.3) is 11.1 Å². The van der Waals surface area contributed by atoms with Crippen LogP contribution in [0.4, 0.5) is 41.5 Å². The molecule has 2 saturated heterocycles. The molecule has 5 aromatic rings. The van der Waals surface area contributed by atoms with E-state index in [1.807, 2.05) is 0 Å². The van der Waals surface area contributed by atoms with Gasteiger partial charge in [-0.15, -0.1) is 0 Å². The number of nitrogens with two attached hydrogens (primary N) is 1. The van der Waals surface area contributed by atoms with Crippen molar-refractivity contribution in [3.05, 3.63) is 93.1 Å². The number of cyclic esters (lactones) is 2. The van der Waals surface area contributed by atoms with Crippen molar-refractivity contribution in [3.8, 4) is 11.5 Å². The second kappa shape index (κ2) is 27.8. The molecule has 21 nitrogen and oxygen atoms in total. The molecule has 27 heteroatoms. The van der Waals surface area contributed by atoms with Crippen molar-refractivity contribution >= 4 is 153 Å². The van der Waals surface area contributed by atoms with E-state index < -0.39 is 23.8 Å². The van der Waals surface area contributed by atoms with E-state index in [4.69, 9.17) is 29.1 Å². The van der Waals surface area contributed by atoms with E-state index in [-0.39, 0.29) is 73.1 Å². The Hall–Kier alpha value is -4.87. The average Bonchev–Trinajstić information content (AvgIpc) is 4.12. The summed E-state index contributed by atoms with van der Waals surface area (Å²) in [4.78, 5) is 93.7. The first kappa shape index (κ1) is 58.4. The van der Waals surface area contributed by atoms with Crippen molar-refractivity contribution in [1.29, 1.82) is 0 Å². The number of amides is 4. The Kier molecular flexibility index (Phi) is 21.9. The fourth-order valence-electron chi connectivity index (χ4n) is 8.33. The molecule has 5 aliphatic heterocycles. The monoisotopic (exact) mass is 1480 g/mol. The highest BCUT2D eigenvalue weighted by Crippen LogP contribution is 2.34. The SMILES string of the molecule is CN1C(=O)Cc2ccc(F)c(CCNCCC3CN(c4ccc5c(n4)NC(=O)CO5)C(=O)O3)c21.Cn1c(=O)oc2ccc(F)c(CC=O)c21.ICI.II.NCCC1CN(c2ccc3c(n2)CC(=O)CO3)C(=O)O1. The smallest absolute Gasteiger partial charge is 0.419 e. The number of benzene rings is 2. The lowest BCUT2D eigenvalue weighted by atomic mass is 10.0. The zero-order valence-corrected chi connectivity index (χ0v) is 48.3. The molecule has 0 saturated carbocycles. The summed E-state index contributed by atoms with van der Waals surface area (Å²) in [5.41, 5.74) is 8.91. The van der Waals surface area contributed by atoms with Crippen molar-refractivity contribution < 1.29 is 60.9 Å². The van der Waals surface area contributed by atoms with Crippen LogP contribution in [0.2, 0.25) is 0 Å². The zero-order valence-electron chi connectivity index (χ0n) is 39.7. The second-order valence-electron chi connectivity index (χ2n) is 16.5. The van der Waals surface area contributed by atoms with Gasteiger partial charge in [-0.25, -0.2) is 33.1 Å². The van der Waals surface area contributed by atoms with Crippen LogP contribution in [0.5, 0.6) is 11.5 Å². The highest BCUT2D eigenvalue weighted by atomic mass is 128. The maximum Gasteiger partial charge on any atom is 0.419 e. The number of aromatic nitrogens is 3. The summed E-state index contributed by atoms with van der Waals surface area (Å²) in [5, 5.41) is 5.88. The van der Waals surface area contributed by atoms with Crippen molar-refractivity contribution in [2.45, 2.75) is 50.7 Å². The number of carbonyl (C=O) groups is 6. The number of fused-ring (bicyclic) bond motifs is 4. The van der Waals surface area contributed by atoms with Crippen LogP contribution in [0.15, 0.2) is 57.7 Å². The maximum atomic E-state index is 14.4. The molecule has 396 valence electrons. The topological polar surface area (TPSA) is 260 Å². The highest BCUT2D eigenvalue weighted by molar-refractivity contribution is 15.0. The van der Waals surface area contributed by atoms with E-state index in [0.29, 0.717) is 116 Å². The minimum absolute atomic E-state index is 0.0212. The van der Waals surface area contributed by atoms with E-state index in [1.54, 1.807) is 37.4 Å². The minimum Gasteiger partial charge on any atom is -0.484 e. The molecule has 2 unspecified atom stereocenters. The van der Waals surface area contributed by atoms with Gasteiger partial charge in [0.25, 0.3) is 5.91 Å². The van der Waals surface area contributed by atoms with Crippen LogP contribution >= 0.6 is 82.4 Å². The number of anilines is 4. The Labute approximate surface area is 472 Å². The number of hydrogen-bond donors (Lipinski definition) is 3. The van der Waals surface area contributed by atoms with Gasteiger partial charge in [-0.2, -0.15) is 0 Å². The van der Waals surface area contributed by atoms with Gasteiger partial charge in [-0.05, 0) is 86.9 Å². The third-order valence-corrected chi connectivity index (χ3v) is 11.8. The van der Waals surface area contributed by atoms with Crippen LogP contribution < -0.4 is 46.3 Å². The molecule has 10 rings (SSSR count). The summed E-state index contributed by atoms with van der Waals surface area (Å²) >= 11 is 8.79. The number of nitrogens with one attached hydrogen (secondary N) is 2. The molecule has 0 spiro atoms. The third kappa shape index (κ3) is 14.3. The van der Waals surface area contributed by atoms with Crippen molar-refractivity contribution in [1.82, 2.24) is 19.9 Å². The summed E-state index contributed by atoms with van der Waals surface area (Å²) in [6.45, 7) is 2.32. The molecule has 0 aliphatic carbocycles. The molecule has 2 atom stereocenters. The van der Waals surface area contributed by atoms with Gasteiger partial charge in [-0.3, -0.25) is 28.8 Å². The number of halogens is 6. The summed E-state index contributed by atoms with van der Waals surface area (Å²) in [7, 11) is 3.14. The van der Waals surface area contributed by atoms with Gasteiger partial charge in [0.2, 0.25) is 5.91 Å². The normalized spacial score (nSPS) is 17.0. The standard InChI is InChI=1S/C23H24FN5O5.C13H15N3O4.C10H8FNO3.CH2I2.I2/c1-28-20(31)10-13-2-3-16(24)15(21(13)28)7-9-25-8-6-14-11-29(23(32)34-14)18-5-4-17-22(26-18)27-19(30)12-33-17;14-4-3-9-6-16(13(18)20-9)12-2-1-11-10(15-12)5-8(17)7-19-11;1-12-9-6(4-5-13)7(11)2-3-8(9)15-10(12)14;2-1-3;1-2/h2-5,14,25H,6-12H2,1H3,(H,26,27,30);1-2,9H,3-7,14H2;2-3,5H,4H2,1H3;1H2;. The first-order valence-corrected chi connectivity index (χ1v) is 32.0. The predicted octanol–water partition coefficient (Wildman–Crippen LogP) is 6.48. The number of rotatable bonds is 12. The van der Waals surface area contributed by atoms with E-state index in [2.05, 4.69) is 103 Å². The number of ketones is 1. The summed E-state index contributed by atoms with van der Waals surface area (Å²) < 4.78 is 56.3. The van der Waals surface area contributed by atoms with E-state index in [0.717, 1.165) is 5.56 Å². The summed E-state index contributed by atoms with van der Waals surface area (Å²) in [6.07, 6.45) is 1.21. The quantitative estimate of drug-likeness (QED) is 0.0523. The van der Waals surface area contributed by atoms with Crippen LogP contribution in [-0.4, -0.2) is 118 Å². The number of alkyl halides is 2. The molecule has 4 amide bonds. The highest BCUT2D eigenvalue weighted by Gasteiger charge is 2.35. The molecular formula is C47H49F2I4N9O12. The van der Waals surface area contributed by atoms with Gasteiger partial charge in [0.1, 0.15) is 54.1 Å². The molecule has 0 radical (unpaired) electrons. The van der Waals surface area contributed by atoms with Gasteiger partial charge >= 0.3 is 17.9 Å².